The highest BCUT2D eigenvalue weighted by atomic mass is 32.1. The third kappa shape index (κ3) is 4.33. The van der Waals surface area contributed by atoms with Crippen LogP contribution in [0, 0.1) is 5.82 Å². The molecule has 6 heteroatoms. The van der Waals surface area contributed by atoms with Crippen LogP contribution in [0.3, 0.4) is 0 Å². The molecule has 0 saturated heterocycles. The lowest BCUT2D eigenvalue weighted by Crippen LogP contribution is -2.29. The molecule has 0 aliphatic rings. The number of amides is 1. The van der Waals surface area contributed by atoms with Crippen molar-refractivity contribution in [1.29, 1.82) is 0 Å². The molecule has 1 N–H and O–H groups in total. The van der Waals surface area contributed by atoms with Gasteiger partial charge in [0, 0.05) is 5.38 Å². The topological polar surface area (TPSA) is 51.2 Å². The molecular weight excluding hydrogens is 267 g/mol. The van der Waals surface area contributed by atoms with Gasteiger partial charge < -0.3 is 10.1 Å². The van der Waals surface area contributed by atoms with Gasteiger partial charge in [0.25, 0.3) is 0 Å². The first kappa shape index (κ1) is 13.5. The predicted octanol–water partition coefficient (Wildman–Crippen LogP) is 2.02. The van der Waals surface area contributed by atoms with Crippen LogP contribution in [-0.4, -0.2) is 24.0 Å². The van der Waals surface area contributed by atoms with Crippen LogP contribution < -0.4 is 10.1 Å². The maximum atomic E-state index is 13.2. The Balaban J connectivity index is 1.67. The molecule has 0 spiro atoms. The number of thiazole rings is 1. The first-order chi connectivity index (χ1) is 9.25. The molecule has 1 aromatic heterocycles. The zero-order valence-electron chi connectivity index (χ0n) is 10.1. The summed E-state index contributed by atoms with van der Waals surface area (Å²) in [6, 6.07) is 6.17. The van der Waals surface area contributed by atoms with Gasteiger partial charge >= 0.3 is 0 Å². The van der Waals surface area contributed by atoms with Gasteiger partial charge in [-0.2, -0.15) is 0 Å². The number of nitrogens with zero attached hydrogens (tertiary/aromatic N) is 1. The molecule has 0 fully saturated rings. The first-order valence-corrected chi connectivity index (χ1v) is 6.71. The number of hydrogen-bond donors (Lipinski definition) is 1. The second-order valence-electron chi connectivity index (χ2n) is 3.79. The molecule has 2 aromatic rings. The Morgan fingerprint density at radius 3 is 3.00 bits per heavy atom. The fourth-order valence-corrected chi connectivity index (χ4v) is 2.02. The van der Waals surface area contributed by atoms with Gasteiger partial charge in [-0.3, -0.25) is 4.79 Å². The van der Waals surface area contributed by atoms with E-state index < -0.39 is 5.82 Å². The van der Waals surface area contributed by atoms with Gasteiger partial charge in [0.05, 0.1) is 24.2 Å². The fraction of sp³-hybridized carbons (Fsp3) is 0.231. The summed E-state index contributed by atoms with van der Waals surface area (Å²) in [5, 5.41) is 4.52. The van der Waals surface area contributed by atoms with E-state index in [1.165, 1.54) is 17.4 Å². The smallest absolute Gasteiger partial charge is 0.226 e. The van der Waals surface area contributed by atoms with E-state index in [0.29, 0.717) is 6.54 Å². The lowest BCUT2D eigenvalue weighted by Gasteiger charge is -2.07. The van der Waals surface area contributed by atoms with E-state index in [2.05, 4.69) is 10.3 Å². The number of benzene rings is 1. The first-order valence-electron chi connectivity index (χ1n) is 5.77. The molecule has 0 radical (unpaired) electrons. The summed E-state index contributed by atoms with van der Waals surface area (Å²) in [6.45, 7) is 0.557. The molecule has 0 aliphatic carbocycles. The van der Waals surface area contributed by atoms with Crippen LogP contribution in [-0.2, 0) is 11.2 Å². The number of para-hydroxylation sites is 1. The van der Waals surface area contributed by atoms with Gasteiger partial charge in [-0.25, -0.2) is 9.37 Å². The van der Waals surface area contributed by atoms with Crippen LogP contribution in [0.4, 0.5) is 4.39 Å². The Hall–Kier alpha value is -1.95. The minimum atomic E-state index is -0.406. The van der Waals surface area contributed by atoms with Crippen molar-refractivity contribution in [3.63, 3.8) is 0 Å². The van der Waals surface area contributed by atoms with Gasteiger partial charge in [-0.1, -0.05) is 12.1 Å². The predicted molar refractivity (Wildman–Crippen MR) is 70.7 cm³/mol. The molecule has 19 heavy (non-hydrogen) atoms. The largest absolute Gasteiger partial charge is 0.489 e. The van der Waals surface area contributed by atoms with Crippen LogP contribution in [0.1, 0.15) is 5.69 Å². The molecule has 0 aliphatic heterocycles. The molecule has 100 valence electrons. The fourth-order valence-electron chi connectivity index (χ4n) is 1.47. The van der Waals surface area contributed by atoms with Crippen molar-refractivity contribution in [2.24, 2.45) is 0 Å². The van der Waals surface area contributed by atoms with Gasteiger partial charge in [-0.15, -0.1) is 11.3 Å². The van der Waals surface area contributed by atoms with Crippen molar-refractivity contribution in [2.75, 3.05) is 13.2 Å². The normalized spacial score (nSPS) is 10.2. The molecule has 0 atom stereocenters. The van der Waals surface area contributed by atoms with E-state index in [-0.39, 0.29) is 24.7 Å². The van der Waals surface area contributed by atoms with E-state index in [1.807, 2.05) is 5.38 Å². The molecule has 1 heterocycles. The summed E-state index contributed by atoms with van der Waals surface area (Å²) in [5.41, 5.74) is 2.43. The van der Waals surface area contributed by atoms with Crippen molar-refractivity contribution >= 4 is 17.2 Å². The number of hydrogen-bond acceptors (Lipinski definition) is 4. The summed E-state index contributed by atoms with van der Waals surface area (Å²) in [6.07, 6.45) is 0.253. The van der Waals surface area contributed by atoms with E-state index in [4.69, 9.17) is 4.74 Å². The minimum Gasteiger partial charge on any atom is -0.489 e. The van der Waals surface area contributed by atoms with E-state index in [0.717, 1.165) is 5.69 Å². The molecule has 0 bridgehead atoms. The Labute approximate surface area is 114 Å². The number of nitrogens with one attached hydrogen (secondary N) is 1. The Bertz CT molecular complexity index is 531. The SMILES string of the molecule is O=C(Cc1cscn1)NCCOc1ccccc1F. The van der Waals surface area contributed by atoms with E-state index in [1.54, 1.807) is 23.7 Å². The number of rotatable bonds is 6. The summed E-state index contributed by atoms with van der Waals surface area (Å²) >= 11 is 1.45. The van der Waals surface area contributed by atoms with Gasteiger partial charge in [0.2, 0.25) is 5.91 Å². The van der Waals surface area contributed by atoms with Crippen LogP contribution in [0.2, 0.25) is 0 Å². The van der Waals surface area contributed by atoms with Crippen LogP contribution in [0.5, 0.6) is 5.75 Å². The summed E-state index contributed by atoms with van der Waals surface area (Å²) in [4.78, 5) is 15.5. The quantitative estimate of drug-likeness (QED) is 0.824. The Morgan fingerprint density at radius 1 is 1.42 bits per heavy atom. The van der Waals surface area contributed by atoms with Crippen LogP contribution in [0.25, 0.3) is 0 Å². The van der Waals surface area contributed by atoms with Crippen molar-refractivity contribution in [3.05, 3.63) is 46.7 Å². The van der Waals surface area contributed by atoms with E-state index in [9.17, 15) is 9.18 Å². The van der Waals surface area contributed by atoms with Gasteiger partial charge in [0.15, 0.2) is 11.6 Å². The zero-order chi connectivity index (χ0) is 13.5. The highest BCUT2D eigenvalue weighted by molar-refractivity contribution is 7.07. The zero-order valence-corrected chi connectivity index (χ0v) is 11.0. The molecule has 1 amide bonds. The highest BCUT2D eigenvalue weighted by Crippen LogP contribution is 2.14. The van der Waals surface area contributed by atoms with Gasteiger partial charge in [-0.05, 0) is 12.1 Å². The standard InChI is InChI=1S/C13H13FN2O2S/c14-11-3-1-2-4-12(11)18-6-5-15-13(17)7-10-8-19-9-16-10/h1-4,8-9H,5-7H2,(H,15,17). The number of aromatic nitrogens is 1. The lowest BCUT2D eigenvalue weighted by atomic mass is 10.3. The second-order valence-corrected chi connectivity index (χ2v) is 4.50. The molecule has 0 unspecified atom stereocenters. The molecule has 1 aromatic carbocycles. The molecular formula is C13H13FN2O2S. The number of carbonyl (C=O) groups is 1. The minimum absolute atomic E-state index is 0.122. The number of halogens is 1. The average Bonchev–Trinajstić information content (AvgIpc) is 2.89. The highest BCUT2D eigenvalue weighted by Gasteiger charge is 2.05. The van der Waals surface area contributed by atoms with Crippen LogP contribution in [0.15, 0.2) is 35.2 Å². The summed E-state index contributed by atoms with van der Waals surface area (Å²) in [7, 11) is 0. The molecule has 4 nitrogen and oxygen atoms in total. The third-order valence-corrected chi connectivity index (χ3v) is 2.98. The third-order valence-electron chi connectivity index (χ3n) is 2.34. The second kappa shape index (κ2) is 6.84. The molecule has 2 rings (SSSR count). The maximum Gasteiger partial charge on any atom is 0.226 e. The number of ether oxygens (including phenoxy) is 1. The lowest BCUT2D eigenvalue weighted by molar-refractivity contribution is -0.120. The molecule has 0 saturated carbocycles. The summed E-state index contributed by atoms with van der Waals surface area (Å²) in [5.74, 6) is -0.337. The maximum absolute atomic E-state index is 13.2. The van der Waals surface area contributed by atoms with Crippen molar-refractivity contribution in [1.82, 2.24) is 10.3 Å². The monoisotopic (exact) mass is 280 g/mol. The number of carbonyl (C=O) groups excluding carboxylic acids is 1. The average molecular weight is 280 g/mol. The summed E-state index contributed by atoms with van der Waals surface area (Å²) < 4.78 is 18.4. The van der Waals surface area contributed by atoms with Crippen molar-refractivity contribution in [2.45, 2.75) is 6.42 Å². The Kier molecular flexibility index (Phi) is 4.85. The van der Waals surface area contributed by atoms with Crippen molar-refractivity contribution in [3.8, 4) is 5.75 Å². The van der Waals surface area contributed by atoms with E-state index >= 15 is 0 Å². The van der Waals surface area contributed by atoms with Gasteiger partial charge in [0.1, 0.15) is 6.61 Å². The van der Waals surface area contributed by atoms with Crippen molar-refractivity contribution < 1.29 is 13.9 Å². The van der Waals surface area contributed by atoms with Crippen LogP contribution >= 0.6 is 11.3 Å². The Morgan fingerprint density at radius 2 is 2.26 bits per heavy atom.